The van der Waals surface area contributed by atoms with Crippen molar-refractivity contribution in [2.24, 2.45) is 11.8 Å². The molecule has 45 heavy (non-hydrogen) atoms. The summed E-state index contributed by atoms with van der Waals surface area (Å²) in [7, 11) is -8.00. The minimum atomic E-state index is -5.38. The van der Waals surface area contributed by atoms with Gasteiger partial charge in [-0.25, -0.2) is 0 Å². The van der Waals surface area contributed by atoms with Gasteiger partial charge in [-0.3, -0.25) is 0 Å². The summed E-state index contributed by atoms with van der Waals surface area (Å²) in [5.74, 6) is 0.317. The van der Waals surface area contributed by atoms with Crippen molar-refractivity contribution in [1.82, 2.24) is 0 Å². The van der Waals surface area contributed by atoms with Crippen LogP contribution in [0.2, 0.25) is 0 Å². The van der Waals surface area contributed by atoms with Gasteiger partial charge in [0.15, 0.2) is 0 Å². The molecule has 0 rings (SSSR count). The van der Waals surface area contributed by atoms with E-state index in [4.69, 9.17) is 37.2 Å². The molecule has 0 aromatic rings. The molecule has 0 bridgehead atoms. The first-order chi connectivity index (χ1) is 21.0. The second-order valence-electron chi connectivity index (χ2n) is 13.1. The molecule has 272 valence electrons. The second-order valence-corrected chi connectivity index (χ2v) is 23.8. The first-order valence-electron chi connectivity index (χ1n) is 17.7. The Hall–Kier alpha value is 0.917. The van der Waals surface area contributed by atoms with Crippen LogP contribution < -0.4 is 0 Å². The van der Waals surface area contributed by atoms with Gasteiger partial charge in [-0.2, -0.15) is 0 Å². The fourth-order valence-corrected chi connectivity index (χ4v) is 21.1. The van der Waals surface area contributed by atoms with Crippen molar-refractivity contribution in [3.63, 3.8) is 0 Å². The molecule has 0 amide bonds. The normalized spacial score (nSPS) is 19.6. The minimum absolute atomic E-state index is 0.158. The molecule has 0 N–H and O–H groups in total. The van der Waals surface area contributed by atoms with Crippen molar-refractivity contribution in [1.29, 1.82) is 0 Å². The Morgan fingerprint density at radius 3 is 0.733 bits per heavy atom. The number of rotatable bonds is 28. The molecular formula is C32H72O10Si2Zr. The molecule has 0 spiro atoms. The van der Waals surface area contributed by atoms with E-state index in [1.165, 1.54) is 0 Å². The summed E-state index contributed by atoms with van der Waals surface area (Å²) < 4.78 is 68.1. The first kappa shape index (κ1) is 45.9. The molecule has 0 radical (unpaired) electrons. The van der Waals surface area contributed by atoms with E-state index in [1.54, 1.807) is 0 Å². The van der Waals surface area contributed by atoms with Crippen molar-refractivity contribution in [3.05, 3.63) is 0 Å². The number of hydrogen-bond donors (Lipinski definition) is 0. The van der Waals surface area contributed by atoms with Gasteiger partial charge in [0.25, 0.3) is 0 Å². The fourth-order valence-electron chi connectivity index (χ4n) is 3.31. The molecule has 6 atom stereocenters. The Morgan fingerprint density at radius 2 is 0.578 bits per heavy atom. The molecular weight excluding hydrogens is 692 g/mol. The van der Waals surface area contributed by atoms with Crippen LogP contribution in [0.3, 0.4) is 0 Å². The molecule has 0 aliphatic heterocycles. The molecule has 0 aromatic heterocycles. The van der Waals surface area contributed by atoms with Crippen LogP contribution in [0.1, 0.15) is 149 Å². The summed E-state index contributed by atoms with van der Waals surface area (Å²) in [5, 5.41) is 0. The van der Waals surface area contributed by atoms with Crippen molar-refractivity contribution < 1.29 is 59.2 Å². The van der Waals surface area contributed by atoms with Gasteiger partial charge >= 0.3 is 288 Å². The molecule has 0 aliphatic rings. The molecule has 13 heteroatoms. The average Bonchev–Trinajstić information content (AvgIpc) is 2.98. The van der Waals surface area contributed by atoms with E-state index in [0.717, 1.165) is 38.5 Å². The van der Waals surface area contributed by atoms with E-state index < -0.39 is 40.1 Å². The van der Waals surface area contributed by atoms with E-state index in [-0.39, 0.29) is 48.5 Å². The predicted octanol–water partition coefficient (Wildman–Crippen LogP) is 8.94. The standard InChI is InChI=1S/2C12H27O4Si.2C4H9O.Zr/c2*1-7-10(4)14-17(13,15-11(5)8-2)16-12(6)9-3;2*1-4(2)3-5;/h2*10-12H,7-9H2,1-6H3;2*4H,3H2,1-2H3;/q4*-1;+4. The van der Waals surface area contributed by atoms with Gasteiger partial charge in [0, 0.05) is 0 Å². The molecule has 0 aliphatic carbocycles. The first-order valence-corrected chi connectivity index (χ1v) is 25.0. The van der Waals surface area contributed by atoms with Gasteiger partial charge in [0.2, 0.25) is 0 Å². The second kappa shape index (κ2) is 23.3. The van der Waals surface area contributed by atoms with Crippen LogP contribution in [-0.4, -0.2) is 67.9 Å². The summed E-state index contributed by atoms with van der Waals surface area (Å²) in [5.41, 5.74) is 0. The van der Waals surface area contributed by atoms with Crippen molar-refractivity contribution in [2.75, 3.05) is 13.2 Å². The van der Waals surface area contributed by atoms with Gasteiger partial charge in [-0.15, -0.1) is 0 Å². The quantitative estimate of drug-likeness (QED) is 0.0720. The zero-order chi connectivity index (χ0) is 34.8. The number of hydrogen-bond acceptors (Lipinski definition) is 10. The molecule has 0 saturated heterocycles. The Bertz CT molecular complexity index is 628. The monoisotopic (exact) mass is 762 g/mol. The van der Waals surface area contributed by atoms with Crippen LogP contribution in [0, 0.1) is 11.8 Å². The summed E-state index contributed by atoms with van der Waals surface area (Å²) in [6, 6.07) is 0. The Kier molecular flexibility index (Phi) is 23.8. The third-order valence-electron chi connectivity index (χ3n) is 7.21. The van der Waals surface area contributed by atoms with E-state index in [0.29, 0.717) is 13.2 Å². The topological polar surface area (TPSA) is 92.3 Å². The fraction of sp³-hybridized carbons (Fsp3) is 1.00. The molecule has 0 aromatic carbocycles. The van der Waals surface area contributed by atoms with Crippen LogP contribution in [-0.2, 0) is 59.2 Å². The van der Waals surface area contributed by atoms with Gasteiger partial charge in [-0.1, -0.05) is 0 Å². The van der Waals surface area contributed by atoms with Crippen LogP contribution in [0.5, 0.6) is 0 Å². The van der Waals surface area contributed by atoms with E-state index in [1.807, 2.05) is 41.5 Å². The van der Waals surface area contributed by atoms with Crippen LogP contribution in [0.15, 0.2) is 0 Å². The zero-order valence-electron chi connectivity index (χ0n) is 31.9. The van der Waals surface area contributed by atoms with E-state index in [2.05, 4.69) is 69.2 Å². The van der Waals surface area contributed by atoms with Gasteiger partial charge in [-0.05, 0) is 0 Å². The summed E-state index contributed by atoms with van der Waals surface area (Å²) in [4.78, 5) is 0. The van der Waals surface area contributed by atoms with E-state index in [9.17, 15) is 0 Å². The van der Waals surface area contributed by atoms with Gasteiger partial charge < -0.3 is 0 Å². The van der Waals surface area contributed by atoms with Crippen molar-refractivity contribution in [3.8, 4) is 0 Å². The maximum atomic E-state index is 7.16. The Balaban J connectivity index is 7.67. The van der Waals surface area contributed by atoms with Crippen LogP contribution in [0.25, 0.3) is 0 Å². The van der Waals surface area contributed by atoms with Crippen LogP contribution in [0.4, 0.5) is 0 Å². The third-order valence-corrected chi connectivity index (χ3v) is 22.3. The van der Waals surface area contributed by atoms with Gasteiger partial charge in [0.05, 0.1) is 0 Å². The third kappa shape index (κ3) is 18.5. The summed E-state index contributed by atoms with van der Waals surface area (Å²) >= 11 is -5.38. The molecule has 0 heterocycles. The Morgan fingerprint density at radius 1 is 0.378 bits per heavy atom. The van der Waals surface area contributed by atoms with Gasteiger partial charge in [0.1, 0.15) is 0 Å². The summed E-state index contributed by atoms with van der Waals surface area (Å²) in [6.07, 6.45) is 3.13. The van der Waals surface area contributed by atoms with Crippen molar-refractivity contribution in [2.45, 2.75) is 186 Å². The predicted molar refractivity (Wildman–Crippen MR) is 180 cm³/mol. The van der Waals surface area contributed by atoms with Crippen LogP contribution >= 0.6 is 0 Å². The van der Waals surface area contributed by atoms with Crippen molar-refractivity contribution >= 4 is 18.1 Å². The SMILES string of the molecule is CCC(C)O[Si](OC(C)CC)(OC(C)CC)[O][Zr]([O]CC(C)C)([O]CC(C)C)[O][Si](OC(C)CC)(OC(C)CC)OC(C)CC. The average molecular weight is 764 g/mol. The zero-order valence-corrected chi connectivity index (χ0v) is 36.3. The molecule has 6 unspecified atom stereocenters. The van der Waals surface area contributed by atoms with E-state index >= 15 is 0 Å². The maximum absolute atomic E-state index is 7.16. The molecule has 0 fully saturated rings. The Labute approximate surface area is 287 Å². The molecule has 10 nitrogen and oxygen atoms in total. The summed E-state index contributed by atoms with van der Waals surface area (Å²) in [6.45, 7) is 33.3. The molecule has 0 saturated carbocycles.